The monoisotopic (exact) mass is 375 g/mol. The molecule has 130 valence electrons. The highest BCUT2D eigenvalue weighted by Gasteiger charge is 2.20. The van der Waals surface area contributed by atoms with Crippen molar-refractivity contribution >= 4 is 46.7 Å². The van der Waals surface area contributed by atoms with Crippen molar-refractivity contribution in [2.24, 2.45) is 0 Å². The van der Waals surface area contributed by atoms with Crippen molar-refractivity contribution in [2.45, 2.75) is 12.5 Å². The molecule has 2 aromatic rings. The second-order valence-corrected chi connectivity index (χ2v) is 7.25. The number of thioether (sulfide) groups is 1. The summed E-state index contributed by atoms with van der Waals surface area (Å²) in [6, 6.07) is 13.5. The highest BCUT2D eigenvalue weighted by Crippen LogP contribution is 2.20. The zero-order valence-electron chi connectivity index (χ0n) is 13.4. The second kappa shape index (κ2) is 8.27. The van der Waals surface area contributed by atoms with E-state index in [1.165, 1.54) is 0 Å². The van der Waals surface area contributed by atoms with Gasteiger partial charge in [0.15, 0.2) is 0 Å². The number of para-hydroxylation sites is 1. The number of benzene rings is 2. The van der Waals surface area contributed by atoms with Crippen LogP contribution in [0.5, 0.6) is 0 Å². The molecule has 1 heterocycles. The molecule has 0 bridgehead atoms. The summed E-state index contributed by atoms with van der Waals surface area (Å²) in [5, 5.41) is 9.06. The standard InChI is InChI=1S/C18H18ClN3O2S/c19-12-5-7-13(8-6-12)21-18(24)22-16-4-2-1-3-15(16)17(23)20-14-9-10-25-11-14/h1-8,14H,9-11H2,(H,20,23)(H2,21,22,24). The van der Waals surface area contributed by atoms with Crippen LogP contribution in [-0.4, -0.2) is 29.5 Å². The number of hydrogen-bond donors (Lipinski definition) is 3. The van der Waals surface area contributed by atoms with E-state index < -0.39 is 6.03 Å². The lowest BCUT2D eigenvalue weighted by atomic mass is 10.1. The third-order valence-electron chi connectivity index (χ3n) is 3.79. The third-order valence-corrected chi connectivity index (χ3v) is 5.20. The largest absolute Gasteiger partial charge is 0.348 e. The minimum Gasteiger partial charge on any atom is -0.348 e. The van der Waals surface area contributed by atoms with Crippen molar-refractivity contribution in [2.75, 3.05) is 22.1 Å². The molecular formula is C18H18ClN3O2S. The molecule has 3 amide bonds. The minimum absolute atomic E-state index is 0.171. The second-order valence-electron chi connectivity index (χ2n) is 5.67. The first-order valence-corrected chi connectivity index (χ1v) is 9.46. The third kappa shape index (κ3) is 4.90. The van der Waals surface area contributed by atoms with Crippen LogP contribution in [0.25, 0.3) is 0 Å². The number of nitrogens with one attached hydrogen (secondary N) is 3. The first kappa shape index (κ1) is 17.6. The summed E-state index contributed by atoms with van der Waals surface area (Å²) in [5.41, 5.74) is 1.54. The zero-order valence-corrected chi connectivity index (χ0v) is 15.0. The van der Waals surface area contributed by atoms with E-state index in [0.717, 1.165) is 17.9 Å². The quantitative estimate of drug-likeness (QED) is 0.749. The molecule has 1 atom stereocenters. The van der Waals surface area contributed by atoms with Crippen LogP contribution in [-0.2, 0) is 0 Å². The molecule has 1 saturated heterocycles. The highest BCUT2D eigenvalue weighted by atomic mass is 35.5. The molecule has 0 spiro atoms. The van der Waals surface area contributed by atoms with Gasteiger partial charge in [-0.25, -0.2) is 4.79 Å². The topological polar surface area (TPSA) is 70.2 Å². The molecule has 3 N–H and O–H groups in total. The van der Waals surface area contributed by atoms with Crippen molar-refractivity contribution in [3.8, 4) is 0 Å². The van der Waals surface area contributed by atoms with Crippen LogP contribution in [0.1, 0.15) is 16.8 Å². The van der Waals surface area contributed by atoms with Gasteiger partial charge < -0.3 is 16.0 Å². The van der Waals surface area contributed by atoms with Gasteiger partial charge in [0.05, 0.1) is 11.3 Å². The molecule has 5 nitrogen and oxygen atoms in total. The Morgan fingerprint density at radius 1 is 1.04 bits per heavy atom. The molecule has 25 heavy (non-hydrogen) atoms. The van der Waals surface area contributed by atoms with E-state index in [1.807, 2.05) is 11.8 Å². The summed E-state index contributed by atoms with van der Waals surface area (Å²) in [6.07, 6.45) is 0.975. The highest BCUT2D eigenvalue weighted by molar-refractivity contribution is 7.99. The van der Waals surface area contributed by atoms with E-state index in [4.69, 9.17) is 11.6 Å². The molecular weight excluding hydrogens is 358 g/mol. The molecule has 1 aliphatic heterocycles. The predicted molar refractivity (Wildman–Crippen MR) is 104 cm³/mol. The minimum atomic E-state index is -0.418. The van der Waals surface area contributed by atoms with Crippen LogP contribution in [0.4, 0.5) is 16.2 Å². The maximum absolute atomic E-state index is 12.5. The number of carbonyl (C=O) groups excluding carboxylic acids is 2. The maximum Gasteiger partial charge on any atom is 0.323 e. The number of carbonyl (C=O) groups is 2. The molecule has 0 aliphatic carbocycles. The Balaban J connectivity index is 1.66. The molecule has 3 rings (SSSR count). The van der Waals surface area contributed by atoms with E-state index in [-0.39, 0.29) is 11.9 Å². The number of amides is 3. The van der Waals surface area contributed by atoms with Gasteiger partial charge in [-0.05, 0) is 48.6 Å². The van der Waals surface area contributed by atoms with Crippen molar-refractivity contribution in [1.82, 2.24) is 5.32 Å². The van der Waals surface area contributed by atoms with Crippen molar-refractivity contribution in [1.29, 1.82) is 0 Å². The van der Waals surface area contributed by atoms with E-state index in [1.54, 1.807) is 48.5 Å². The van der Waals surface area contributed by atoms with Crippen molar-refractivity contribution in [3.63, 3.8) is 0 Å². The number of hydrogen-bond acceptors (Lipinski definition) is 3. The average Bonchev–Trinajstić information content (AvgIpc) is 3.10. The average molecular weight is 376 g/mol. The molecule has 0 radical (unpaired) electrons. The Hall–Kier alpha value is -2.18. The van der Waals surface area contributed by atoms with Gasteiger partial charge in [-0.3, -0.25) is 4.79 Å². The molecule has 2 aromatic carbocycles. The Bertz CT molecular complexity index is 761. The van der Waals surface area contributed by atoms with Gasteiger partial charge in [0.1, 0.15) is 0 Å². The molecule has 1 unspecified atom stereocenters. The predicted octanol–water partition coefficient (Wildman–Crippen LogP) is 4.22. The Labute approximate surface area is 155 Å². The summed E-state index contributed by atoms with van der Waals surface area (Å²) >= 11 is 7.66. The summed E-state index contributed by atoms with van der Waals surface area (Å²) in [4.78, 5) is 24.7. The van der Waals surface area contributed by atoms with E-state index >= 15 is 0 Å². The summed E-state index contributed by atoms with van der Waals surface area (Å²) in [6.45, 7) is 0. The molecule has 7 heteroatoms. The Morgan fingerprint density at radius 3 is 2.52 bits per heavy atom. The SMILES string of the molecule is O=C(Nc1ccc(Cl)cc1)Nc1ccccc1C(=O)NC1CCSC1. The van der Waals surface area contributed by atoms with Crippen LogP contribution >= 0.6 is 23.4 Å². The summed E-state index contributed by atoms with van der Waals surface area (Å²) in [5.74, 6) is 1.82. The number of rotatable bonds is 4. The first-order chi connectivity index (χ1) is 12.1. The van der Waals surface area contributed by atoms with E-state index in [0.29, 0.717) is 22.0 Å². The fourth-order valence-electron chi connectivity index (χ4n) is 2.52. The van der Waals surface area contributed by atoms with Crippen molar-refractivity contribution in [3.05, 3.63) is 59.1 Å². The van der Waals surface area contributed by atoms with E-state index in [2.05, 4.69) is 16.0 Å². The van der Waals surface area contributed by atoms with E-state index in [9.17, 15) is 9.59 Å². The Kier molecular flexibility index (Phi) is 5.83. The first-order valence-electron chi connectivity index (χ1n) is 7.93. The summed E-state index contributed by atoms with van der Waals surface area (Å²) < 4.78 is 0. The van der Waals surface area contributed by atoms with Crippen LogP contribution in [0.2, 0.25) is 5.02 Å². The van der Waals surface area contributed by atoms with Gasteiger partial charge in [0, 0.05) is 22.5 Å². The fourth-order valence-corrected chi connectivity index (χ4v) is 3.80. The van der Waals surface area contributed by atoms with Gasteiger partial charge in [0.2, 0.25) is 0 Å². The molecule has 0 aromatic heterocycles. The van der Waals surface area contributed by atoms with Gasteiger partial charge in [-0.2, -0.15) is 11.8 Å². The summed E-state index contributed by atoms with van der Waals surface area (Å²) in [7, 11) is 0. The number of anilines is 2. The lowest BCUT2D eigenvalue weighted by Crippen LogP contribution is -2.35. The van der Waals surface area contributed by atoms with Crippen LogP contribution < -0.4 is 16.0 Å². The van der Waals surface area contributed by atoms with Crippen LogP contribution in [0.15, 0.2) is 48.5 Å². The van der Waals surface area contributed by atoms with Gasteiger partial charge >= 0.3 is 6.03 Å². The normalized spacial score (nSPS) is 16.3. The zero-order chi connectivity index (χ0) is 17.6. The fraction of sp³-hybridized carbons (Fsp3) is 0.222. The smallest absolute Gasteiger partial charge is 0.323 e. The number of urea groups is 1. The maximum atomic E-state index is 12.5. The lowest BCUT2D eigenvalue weighted by Gasteiger charge is -2.15. The molecule has 1 aliphatic rings. The molecule has 1 fully saturated rings. The van der Waals surface area contributed by atoms with Gasteiger partial charge in [0.25, 0.3) is 5.91 Å². The van der Waals surface area contributed by atoms with Gasteiger partial charge in [-0.15, -0.1) is 0 Å². The molecule has 0 saturated carbocycles. The van der Waals surface area contributed by atoms with Crippen LogP contribution in [0, 0.1) is 0 Å². The van der Waals surface area contributed by atoms with Crippen molar-refractivity contribution < 1.29 is 9.59 Å². The van der Waals surface area contributed by atoms with Gasteiger partial charge in [-0.1, -0.05) is 23.7 Å². The Morgan fingerprint density at radius 2 is 1.80 bits per heavy atom. The van der Waals surface area contributed by atoms with Crippen LogP contribution in [0.3, 0.4) is 0 Å². The number of halogens is 1. The lowest BCUT2D eigenvalue weighted by molar-refractivity contribution is 0.0942.